The first-order valence-corrected chi connectivity index (χ1v) is 7.65. The van der Waals surface area contributed by atoms with Crippen LogP contribution in [0.25, 0.3) is 5.65 Å². The first-order chi connectivity index (χ1) is 10.5. The van der Waals surface area contributed by atoms with E-state index in [2.05, 4.69) is 16.9 Å². The second-order valence-corrected chi connectivity index (χ2v) is 5.53. The smallest absolute Gasteiger partial charge is 0.276 e. The quantitative estimate of drug-likeness (QED) is 0.769. The van der Waals surface area contributed by atoms with E-state index >= 15 is 0 Å². The van der Waals surface area contributed by atoms with E-state index in [0.717, 1.165) is 17.8 Å². The second kappa shape index (κ2) is 7.31. The minimum absolute atomic E-state index is 0.163. The van der Waals surface area contributed by atoms with Crippen molar-refractivity contribution < 1.29 is 9.53 Å². The normalized spacial score (nSPS) is 14.5. The lowest BCUT2D eigenvalue weighted by molar-refractivity contribution is 0.0412. The number of imidazole rings is 1. The molecule has 2 aromatic rings. The number of pyridine rings is 1. The number of aryl methyl sites for hydroxylation is 1. The van der Waals surface area contributed by atoms with Crippen LogP contribution in [0.4, 0.5) is 0 Å². The number of hydrogen-bond acceptors (Lipinski definition) is 3. The average molecular weight is 301 g/mol. The number of ether oxygens (including phenoxy) is 1. The third-order valence-corrected chi connectivity index (χ3v) is 3.86. The number of aliphatic imine (C=N–C) groups is 1. The predicted octanol–water partition coefficient (Wildman–Crippen LogP) is 3.30. The molecule has 1 amide bonds. The summed E-state index contributed by atoms with van der Waals surface area (Å²) in [7, 11) is 0. The molecule has 0 fully saturated rings. The van der Waals surface area contributed by atoms with Gasteiger partial charge in [-0.2, -0.15) is 0 Å². The molecule has 2 rings (SSSR count). The van der Waals surface area contributed by atoms with Gasteiger partial charge in [0.25, 0.3) is 5.91 Å². The summed E-state index contributed by atoms with van der Waals surface area (Å²) in [5, 5.41) is 0. The van der Waals surface area contributed by atoms with Gasteiger partial charge in [-0.1, -0.05) is 6.92 Å². The maximum absolute atomic E-state index is 12.1. The van der Waals surface area contributed by atoms with Crippen LogP contribution in [-0.4, -0.2) is 34.2 Å². The van der Waals surface area contributed by atoms with Crippen molar-refractivity contribution in [1.82, 2.24) is 9.38 Å². The van der Waals surface area contributed by atoms with Gasteiger partial charge in [0.05, 0.1) is 6.10 Å². The van der Waals surface area contributed by atoms with E-state index in [0.29, 0.717) is 18.1 Å². The summed E-state index contributed by atoms with van der Waals surface area (Å²) in [4.78, 5) is 20.4. The minimum Gasteiger partial charge on any atom is -0.379 e. The highest BCUT2D eigenvalue weighted by Gasteiger charge is 2.11. The van der Waals surface area contributed by atoms with Gasteiger partial charge in [0.2, 0.25) is 0 Å². The molecule has 5 heteroatoms. The van der Waals surface area contributed by atoms with Gasteiger partial charge >= 0.3 is 0 Å². The van der Waals surface area contributed by atoms with E-state index in [1.807, 2.05) is 31.4 Å². The number of fused-ring (bicyclic) bond motifs is 1. The number of nitrogens with zero attached hydrogens (tertiary/aromatic N) is 3. The van der Waals surface area contributed by atoms with Gasteiger partial charge in [0.1, 0.15) is 5.65 Å². The Balaban J connectivity index is 1.99. The van der Waals surface area contributed by atoms with Crippen molar-refractivity contribution in [3.63, 3.8) is 0 Å². The van der Waals surface area contributed by atoms with Crippen LogP contribution in [0.5, 0.6) is 0 Å². The third kappa shape index (κ3) is 3.80. The summed E-state index contributed by atoms with van der Waals surface area (Å²) in [5.74, 6) is 0.0911. The van der Waals surface area contributed by atoms with E-state index < -0.39 is 0 Å². The summed E-state index contributed by atoms with van der Waals surface area (Å²) in [5.41, 5.74) is 2.35. The molecule has 2 heterocycles. The van der Waals surface area contributed by atoms with Crippen LogP contribution in [0, 0.1) is 12.8 Å². The Hall–Kier alpha value is -2.01. The first kappa shape index (κ1) is 16.4. The van der Waals surface area contributed by atoms with Crippen LogP contribution in [0.1, 0.15) is 43.2 Å². The van der Waals surface area contributed by atoms with Gasteiger partial charge in [0, 0.05) is 36.5 Å². The summed E-state index contributed by atoms with van der Waals surface area (Å²) in [6.45, 7) is 8.79. The fourth-order valence-electron chi connectivity index (χ4n) is 2.24. The summed E-state index contributed by atoms with van der Waals surface area (Å²) < 4.78 is 7.48. The van der Waals surface area contributed by atoms with Crippen molar-refractivity contribution in [1.29, 1.82) is 0 Å². The summed E-state index contributed by atoms with van der Waals surface area (Å²) >= 11 is 0. The molecule has 0 saturated carbocycles. The fraction of sp³-hybridized carbons (Fsp3) is 0.471. The lowest BCUT2D eigenvalue weighted by atomic mass is 10.0. The van der Waals surface area contributed by atoms with Crippen molar-refractivity contribution >= 4 is 17.8 Å². The molecule has 5 nitrogen and oxygen atoms in total. The Kier molecular flexibility index (Phi) is 5.44. The highest BCUT2D eigenvalue weighted by Crippen LogP contribution is 2.12. The maximum atomic E-state index is 12.1. The Morgan fingerprint density at radius 2 is 2.27 bits per heavy atom. The number of hydrogen-bond donors (Lipinski definition) is 0. The highest BCUT2D eigenvalue weighted by atomic mass is 16.5. The molecule has 0 radical (unpaired) electrons. The van der Waals surface area contributed by atoms with E-state index in [9.17, 15) is 4.79 Å². The van der Waals surface area contributed by atoms with Gasteiger partial charge in [-0.05, 0) is 45.2 Å². The van der Waals surface area contributed by atoms with Gasteiger partial charge in [-0.3, -0.25) is 4.79 Å². The Morgan fingerprint density at radius 1 is 1.50 bits per heavy atom. The zero-order chi connectivity index (χ0) is 16.1. The molecule has 0 aromatic carbocycles. The molecule has 0 bridgehead atoms. The SMILES string of the molecule is CCOC(C)C(C)CC=NC(=O)c1ccn2c(C)cnc2c1. The monoisotopic (exact) mass is 301 g/mol. The molecular weight excluding hydrogens is 278 g/mol. The Morgan fingerprint density at radius 3 is 3.00 bits per heavy atom. The second-order valence-electron chi connectivity index (χ2n) is 5.53. The van der Waals surface area contributed by atoms with Crippen LogP contribution in [0.15, 0.2) is 29.5 Å². The van der Waals surface area contributed by atoms with Crippen LogP contribution in [0.3, 0.4) is 0 Å². The van der Waals surface area contributed by atoms with Crippen LogP contribution < -0.4 is 0 Å². The molecule has 0 N–H and O–H groups in total. The largest absolute Gasteiger partial charge is 0.379 e. The molecule has 22 heavy (non-hydrogen) atoms. The Labute approximate surface area is 131 Å². The van der Waals surface area contributed by atoms with E-state index in [-0.39, 0.29) is 12.0 Å². The molecule has 0 saturated heterocycles. The number of aromatic nitrogens is 2. The van der Waals surface area contributed by atoms with Gasteiger partial charge in [-0.15, -0.1) is 0 Å². The van der Waals surface area contributed by atoms with Crippen molar-refractivity contribution in [2.45, 2.75) is 40.2 Å². The lowest BCUT2D eigenvalue weighted by Crippen LogP contribution is -2.18. The zero-order valence-corrected chi connectivity index (χ0v) is 13.6. The highest BCUT2D eigenvalue weighted by molar-refractivity contribution is 5.99. The first-order valence-electron chi connectivity index (χ1n) is 7.65. The zero-order valence-electron chi connectivity index (χ0n) is 13.6. The number of carbonyl (C=O) groups excluding carboxylic acids is 1. The minimum atomic E-state index is -0.237. The molecule has 2 unspecified atom stereocenters. The summed E-state index contributed by atoms with van der Waals surface area (Å²) in [6.07, 6.45) is 6.20. The third-order valence-electron chi connectivity index (χ3n) is 3.86. The molecule has 2 atom stereocenters. The van der Waals surface area contributed by atoms with Gasteiger partial charge < -0.3 is 9.14 Å². The molecule has 0 spiro atoms. The standard InChI is InChI=1S/C17H23N3O2/c1-5-22-14(4)12(2)6-8-18-17(21)15-7-9-20-13(3)11-19-16(20)10-15/h7-12,14H,5-6H2,1-4H3. The van der Waals surface area contributed by atoms with Crippen LogP contribution >= 0.6 is 0 Å². The van der Waals surface area contributed by atoms with Crippen molar-refractivity contribution in [2.24, 2.45) is 10.9 Å². The van der Waals surface area contributed by atoms with E-state index in [1.54, 1.807) is 24.5 Å². The molecule has 2 aromatic heterocycles. The topological polar surface area (TPSA) is 56.0 Å². The number of rotatable bonds is 6. The molecule has 0 aliphatic heterocycles. The predicted molar refractivity (Wildman–Crippen MR) is 87.6 cm³/mol. The molecule has 118 valence electrons. The maximum Gasteiger partial charge on any atom is 0.276 e. The lowest BCUT2D eigenvalue weighted by Gasteiger charge is -2.17. The van der Waals surface area contributed by atoms with E-state index in [4.69, 9.17) is 4.74 Å². The average Bonchev–Trinajstić information content (AvgIpc) is 2.88. The van der Waals surface area contributed by atoms with E-state index in [1.165, 1.54) is 0 Å². The molecule has 0 aliphatic rings. The van der Waals surface area contributed by atoms with Crippen LogP contribution in [-0.2, 0) is 4.74 Å². The van der Waals surface area contributed by atoms with Crippen molar-refractivity contribution in [3.05, 3.63) is 35.8 Å². The van der Waals surface area contributed by atoms with Crippen molar-refractivity contribution in [3.8, 4) is 0 Å². The van der Waals surface area contributed by atoms with Gasteiger partial charge in [0.15, 0.2) is 0 Å². The molecule has 0 aliphatic carbocycles. The summed E-state index contributed by atoms with van der Waals surface area (Å²) in [6, 6.07) is 3.53. The fourth-order valence-corrected chi connectivity index (χ4v) is 2.24. The Bertz CT molecular complexity index is 676. The van der Waals surface area contributed by atoms with Crippen LogP contribution in [0.2, 0.25) is 0 Å². The number of carbonyl (C=O) groups is 1. The van der Waals surface area contributed by atoms with Gasteiger partial charge in [-0.25, -0.2) is 9.98 Å². The van der Waals surface area contributed by atoms with Crippen molar-refractivity contribution in [2.75, 3.05) is 6.61 Å². The number of amides is 1. The molecular formula is C17H23N3O2.